The minimum atomic E-state index is -4.45. The smallest absolute Gasteiger partial charge is 0.356 e. The van der Waals surface area contributed by atoms with Gasteiger partial charge in [-0.05, 0) is 19.4 Å². The summed E-state index contributed by atoms with van der Waals surface area (Å²) in [5.41, 5.74) is -0.534. The molecule has 1 rings (SSSR count). The van der Waals surface area contributed by atoms with Crippen LogP contribution in [0.5, 0.6) is 0 Å². The number of hydrogen-bond acceptors (Lipinski definition) is 2. The van der Waals surface area contributed by atoms with E-state index in [1.165, 1.54) is 4.68 Å². The van der Waals surface area contributed by atoms with Gasteiger partial charge in [-0.25, -0.2) is 0 Å². The second-order valence-electron chi connectivity index (χ2n) is 4.54. The van der Waals surface area contributed by atoms with Crippen molar-refractivity contribution in [1.82, 2.24) is 15.1 Å². The van der Waals surface area contributed by atoms with Gasteiger partial charge >= 0.3 is 6.18 Å². The number of amides is 1. The van der Waals surface area contributed by atoms with Crippen LogP contribution in [0.3, 0.4) is 0 Å². The lowest BCUT2D eigenvalue weighted by molar-refractivity contribution is -0.141. The Balaban J connectivity index is 2.72. The molecule has 0 bridgehead atoms. The van der Waals surface area contributed by atoms with Crippen molar-refractivity contribution >= 4 is 5.91 Å². The van der Waals surface area contributed by atoms with Crippen LogP contribution >= 0.6 is 0 Å². The van der Waals surface area contributed by atoms with E-state index in [1.807, 2.05) is 6.92 Å². The largest absolute Gasteiger partial charge is 0.435 e. The summed E-state index contributed by atoms with van der Waals surface area (Å²) in [5.74, 6) is -0.600. The van der Waals surface area contributed by atoms with Gasteiger partial charge in [-0.2, -0.15) is 18.3 Å². The number of carbonyl (C=O) groups is 1. The first-order chi connectivity index (χ1) is 8.75. The fraction of sp³-hybridized carbons (Fsp3) is 0.667. The SMILES string of the molecule is CCCNC(=O)C(C)Cn1nc(C(F)(F)F)cc1C. The summed E-state index contributed by atoms with van der Waals surface area (Å²) in [6.07, 6.45) is -3.64. The zero-order chi connectivity index (χ0) is 14.6. The van der Waals surface area contributed by atoms with Crippen molar-refractivity contribution in [1.29, 1.82) is 0 Å². The van der Waals surface area contributed by atoms with Crippen molar-refractivity contribution in [3.8, 4) is 0 Å². The molecule has 1 unspecified atom stereocenters. The van der Waals surface area contributed by atoms with Crippen molar-refractivity contribution in [3.63, 3.8) is 0 Å². The molecule has 0 spiro atoms. The molecule has 4 nitrogen and oxygen atoms in total. The molecule has 0 aromatic carbocycles. The van der Waals surface area contributed by atoms with Crippen LogP contribution in [-0.4, -0.2) is 22.2 Å². The summed E-state index contributed by atoms with van der Waals surface area (Å²) < 4.78 is 38.7. The lowest BCUT2D eigenvalue weighted by Gasteiger charge is -2.13. The van der Waals surface area contributed by atoms with Gasteiger partial charge in [0.15, 0.2) is 5.69 Å². The Morgan fingerprint density at radius 2 is 2.16 bits per heavy atom. The van der Waals surface area contributed by atoms with Gasteiger partial charge in [0.25, 0.3) is 0 Å². The highest BCUT2D eigenvalue weighted by molar-refractivity contribution is 5.78. The number of nitrogens with one attached hydrogen (secondary N) is 1. The van der Waals surface area contributed by atoms with E-state index >= 15 is 0 Å². The van der Waals surface area contributed by atoms with E-state index in [0.29, 0.717) is 12.2 Å². The van der Waals surface area contributed by atoms with Gasteiger partial charge < -0.3 is 5.32 Å². The van der Waals surface area contributed by atoms with Crippen LogP contribution in [0.2, 0.25) is 0 Å². The molecule has 7 heteroatoms. The first-order valence-corrected chi connectivity index (χ1v) is 6.15. The number of hydrogen-bond donors (Lipinski definition) is 1. The predicted octanol–water partition coefficient (Wildman–Crippen LogP) is 2.37. The Kier molecular flexibility index (Phi) is 4.97. The number of aryl methyl sites for hydroxylation is 1. The maximum Gasteiger partial charge on any atom is 0.435 e. The van der Waals surface area contributed by atoms with Gasteiger partial charge in [-0.1, -0.05) is 13.8 Å². The molecule has 1 N–H and O–H groups in total. The van der Waals surface area contributed by atoms with Gasteiger partial charge in [0.05, 0.1) is 12.5 Å². The van der Waals surface area contributed by atoms with Gasteiger partial charge in [-0.3, -0.25) is 9.48 Å². The van der Waals surface area contributed by atoms with Crippen LogP contribution in [0.1, 0.15) is 31.7 Å². The molecule has 1 amide bonds. The summed E-state index contributed by atoms with van der Waals surface area (Å²) in [6.45, 7) is 5.84. The monoisotopic (exact) mass is 277 g/mol. The van der Waals surface area contributed by atoms with Gasteiger partial charge in [0.1, 0.15) is 0 Å². The van der Waals surface area contributed by atoms with E-state index in [-0.39, 0.29) is 12.5 Å². The Labute approximate surface area is 110 Å². The molecular formula is C12H18F3N3O. The zero-order valence-corrected chi connectivity index (χ0v) is 11.2. The molecule has 0 fully saturated rings. The molecule has 0 radical (unpaired) electrons. The highest BCUT2D eigenvalue weighted by atomic mass is 19.4. The summed E-state index contributed by atoms with van der Waals surface area (Å²) >= 11 is 0. The molecule has 1 aromatic heterocycles. The standard InChI is InChI=1S/C12H18F3N3O/c1-4-5-16-11(19)8(2)7-18-9(3)6-10(17-18)12(13,14)15/h6,8H,4-5,7H2,1-3H3,(H,16,19). The summed E-state index contributed by atoms with van der Waals surface area (Å²) in [6, 6.07) is 0.983. The van der Waals surface area contributed by atoms with Crippen LogP contribution in [0.15, 0.2) is 6.07 Å². The molecule has 0 aliphatic rings. The maximum absolute atomic E-state index is 12.5. The second-order valence-corrected chi connectivity index (χ2v) is 4.54. The van der Waals surface area contributed by atoms with Crippen molar-refractivity contribution in [2.45, 2.75) is 39.9 Å². The highest BCUT2D eigenvalue weighted by Crippen LogP contribution is 2.28. The third-order valence-corrected chi connectivity index (χ3v) is 2.72. The average Bonchev–Trinajstić information content (AvgIpc) is 2.67. The van der Waals surface area contributed by atoms with E-state index in [0.717, 1.165) is 12.5 Å². The Morgan fingerprint density at radius 3 is 2.63 bits per heavy atom. The normalized spacial score (nSPS) is 13.4. The number of carbonyl (C=O) groups excluding carboxylic acids is 1. The highest BCUT2D eigenvalue weighted by Gasteiger charge is 2.34. The maximum atomic E-state index is 12.5. The number of alkyl halides is 3. The van der Waals surface area contributed by atoms with Crippen molar-refractivity contribution < 1.29 is 18.0 Å². The number of halogens is 3. The summed E-state index contributed by atoms with van der Waals surface area (Å²) in [5, 5.41) is 6.20. The Morgan fingerprint density at radius 1 is 1.53 bits per heavy atom. The molecule has 1 heterocycles. The first kappa shape index (κ1) is 15.5. The molecular weight excluding hydrogens is 259 g/mol. The van der Waals surface area contributed by atoms with E-state index < -0.39 is 17.8 Å². The second kappa shape index (κ2) is 6.08. The Bertz CT molecular complexity index is 440. The van der Waals surface area contributed by atoms with Gasteiger partial charge in [-0.15, -0.1) is 0 Å². The van der Waals surface area contributed by atoms with Crippen molar-refractivity contribution in [2.75, 3.05) is 6.54 Å². The average molecular weight is 277 g/mol. The fourth-order valence-electron chi connectivity index (χ4n) is 1.60. The predicted molar refractivity (Wildman–Crippen MR) is 64.4 cm³/mol. The van der Waals surface area contributed by atoms with Crippen LogP contribution in [0.4, 0.5) is 13.2 Å². The molecule has 0 aliphatic heterocycles. The minimum Gasteiger partial charge on any atom is -0.356 e. The van der Waals surface area contributed by atoms with Crippen LogP contribution < -0.4 is 5.32 Å². The van der Waals surface area contributed by atoms with Crippen LogP contribution in [0.25, 0.3) is 0 Å². The zero-order valence-electron chi connectivity index (χ0n) is 11.2. The van der Waals surface area contributed by atoms with Crippen LogP contribution in [0, 0.1) is 12.8 Å². The third kappa shape index (κ3) is 4.25. The summed E-state index contributed by atoms with van der Waals surface area (Å²) in [7, 11) is 0. The van der Waals surface area contributed by atoms with Crippen molar-refractivity contribution in [2.24, 2.45) is 5.92 Å². The number of rotatable bonds is 5. The van der Waals surface area contributed by atoms with Gasteiger partial charge in [0, 0.05) is 12.2 Å². The quantitative estimate of drug-likeness (QED) is 0.898. The first-order valence-electron chi connectivity index (χ1n) is 6.15. The molecule has 0 aliphatic carbocycles. The topological polar surface area (TPSA) is 46.9 Å². The molecule has 108 valence electrons. The minimum absolute atomic E-state index is 0.136. The lowest BCUT2D eigenvalue weighted by Crippen LogP contribution is -2.32. The van der Waals surface area contributed by atoms with Crippen LogP contribution in [-0.2, 0) is 17.5 Å². The molecule has 1 atom stereocenters. The van der Waals surface area contributed by atoms with Crippen molar-refractivity contribution in [3.05, 3.63) is 17.5 Å². The van der Waals surface area contributed by atoms with E-state index in [1.54, 1.807) is 13.8 Å². The van der Waals surface area contributed by atoms with E-state index in [4.69, 9.17) is 0 Å². The third-order valence-electron chi connectivity index (χ3n) is 2.72. The Hall–Kier alpha value is -1.53. The van der Waals surface area contributed by atoms with E-state index in [9.17, 15) is 18.0 Å². The molecule has 1 aromatic rings. The molecule has 0 saturated heterocycles. The number of aromatic nitrogens is 2. The van der Waals surface area contributed by atoms with Gasteiger partial charge in [0.2, 0.25) is 5.91 Å². The van der Waals surface area contributed by atoms with E-state index in [2.05, 4.69) is 10.4 Å². The molecule has 19 heavy (non-hydrogen) atoms. The number of nitrogens with zero attached hydrogens (tertiary/aromatic N) is 2. The fourth-order valence-corrected chi connectivity index (χ4v) is 1.60. The summed E-state index contributed by atoms with van der Waals surface area (Å²) in [4.78, 5) is 11.6. The lowest BCUT2D eigenvalue weighted by atomic mass is 10.1. The molecule has 0 saturated carbocycles.